The number of halogens is 2. The van der Waals surface area contributed by atoms with Gasteiger partial charge in [0.25, 0.3) is 6.01 Å². The molecule has 2 aliphatic carbocycles. The lowest BCUT2D eigenvalue weighted by Gasteiger charge is -2.29. The highest BCUT2D eigenvalue weighted by molar-refractivity contribution is 5.80. The highest BCUT2D eigenvalue weighted by Gasteiger charge is 2.29. The summed E-state index contributed by atoms with van der Waals surface area (Å²) in [6.07, 6.45) is 4.81. The molecule has 2 aromatic rings. The van der Waals surface area contributed by atoms with Crippen LogP contribution in [0.1, 0.15) is 52.4 Å². The first-order valence-electron chi connectivity index (χ1n) is 10.9. The molecule has 31 heavy (non-hydrogen) atoms. The van der Waals surface area contributed by atoms with Gasteiger partial charge in [-0.2, -0.15) is 4.98 Å². The number of aryl methyl sites for hydroxylation is 1. The maximum Gasteiger partial charge on any atom is 0.297 e. The minimum atomic E-state index is -0.622. The van der Waals surface area contributed by atoms with Crippen LogP contribution >= 0.6 is 0 Å². The van der Waals surface area contributed by atoms with Crippen molar-refractivity contribution in [1.82, 2.24) is 14.9 Å². The second-order valence-electron chi connectivity index (χ2n) is 8.59. The van der Waals surface area contributed by atoms with Gasteiger partial charge >= 0.3 is 0 Å². The molecular formula is C22H29F2N3O4. The zero-order chi connectivity index (χ0) is 22.1. The van der Waals surface area contributed by atoms with Crippen LogP contribution < -0.4 is 14.8 Å². The summed E-state index contributed by atoms with van der Waals surface area (Å²) in [5, 5.41) is 2.80. The molecule has 0 bridgehead atoms. The second-order valence-corrected chi connectivity index (χ2v) is 8.59. The Hall–Kier alpha value is -2.42. The molecule has 0 unspecified atom stereocenters. The van der Waals surface area contributed by atoms with Crippen molar-refractivity contribution in [3.05, 3.63) is 17.7 Å². The van der Waals surface area contributed by atoms with Gasteiger partial charge in [-0.15, -0.1) is 0 Å². The second kappa shape index (κ2) is 8.98. The molecule has 170 valence electrons. The van der Waals surface area contributed by atoms with Crippen LogP contribution in [0.25, 0.3) is 11.0 Å². The van der Waals surface area contributed by atoms with E-state index in [0.717, 1.165) is 44.6 Å². The Bertz CT molecular complexity index is 952. The molecule has 1 aromatic heterocycles. The third kappa shape index (κ3) is 5.08. The number of aromatic nitrogens is 2. The van der Waals surface area contributed by atoms with Crippen LogP contribution in [0.15, 0.2) is 6.07 Å². The summed E-state index contributed by atoms with van der Waals surface area (Å²) in [5.41, 5.74) is -0.00301. The average Bonchev–Trinajstić information content (AvgIpc) is 3.47. The fraction of sp³-hybridized carbons (Fsp3) is 0.636. The molecule has 0 aliphatic heterocycles. The van der Waals surface area contributed by atoms with E-state index in [9.17, 15) is 13.6 Å². The number of carbonyl (C=O) groups excluding carboxylic acids is 1. The number of ether oxygens (including phenoxy) is 3. The maximum absolute atomic E-state index is 14.9. The van der Waals surface area contributed by atoms with Gasteiger partial charge in [-0.05, 0) is 45.4 Å². The molecule has 1 heterocycles. The van der Waals surface area contributed by atoms with Crippen LogP contribution in [-0.4, -0.2) is 46.4 Å². The molecule has 0 spiro atoms. The zero-order valence-electron chi connectivity index (χ0n) is 18.1. The van der Waals surface area contributed by atoms with E-state index in [4.69, 9.17) is 14.2 Å². The molecule has 2 aliphatic rings. The lowest BCUT2D eigenvalue weighted by atomic mass is 9.95. The highest BCUT2D eigenvalue weighted by Crippen LogP contribution is 2.35. The minimum absolute atomic E-state index is 0.0334. The quantitative estimate of drug-likeness (QED) is 0.683. The number of imidazole rings is 1. The van der Waals surface area contributed by atoms with Gasteiger partial charge in [-0.3, -0.25) is 9.36 Å². The first kappa shape index (κ1) is 21.8. The molecule has 7 nitrogen and oxygen atoms in total. The Kier molecular flexibility index (Phi) is 6.31. The molecule has 1 amide bonds. The Morgan fingerprint density at radius 1 is 1.16 bits per heavy atom. The monoisotopic (exact) mass is 437 g/mol. The maximum atomic E-state index is 14.9. The Morgan fingerprint density at radius 3 is 2.42 bits per heavy atom. The van der Waals surface area contributed by atoms with Gasteiger partial charge in [0.15, 0.2) is 17.4 Å². The molecule has 4 rings (SSSR count). The van der Waals surface area contributed by atoms with E-state index in [2.05, 4.69) is 10.3 Å². The number of amides is 1. The third-order valence-electron chi connectivity index (χ3n) is 5.71. The van der Waals surface area contributed by atoms with Crippen molar-refractivity contribution in [1.29, 1.82) is 0 Å². The lowest BCUT2D eigenvalue weighted by molar-refractivity contribution is -0.120. The van der Waals surface area contributed by atoms with Crippen molar-refractivity contribution in [2.45, 2.75) is 76.7 Å². The topological polar surface area (TPSA) is 74.6 Å². The fourth-order valence-corrected chi connectivity index (χ4v) is 3.95. The summed E-state index contributed by atoms with van der Waals surface area (Å²) in [7, 11) is 1.62. The number of rotatable bonds is 8. The summed E-state index contributed by atoms with van der Waals surface area (Å²) >= 11 is 0. The molecule has 1 aromatic carbocycles. The number of carbonyl (C=O) groups is 1. The van der Waals surface area contributed by atoms with Crippen molar-refractivity contribution in [2.75, 3.05) is 6.61 Å². The van der Waals surface area contributed by atoms with E-state index in [1.165, 1.54) is 11.5 Å². The molecule has 1 atom stereocenters. The standard InChI is InChI=1S/C22H29F2N3O4/c1-12(25-13(2)28)11-29-14-4-6-16(7-5-14)31-22-26-20-17(23)10-18(30-15-8-9-15)19(24)21(20)27(22)3/h10,12,14-16H,4-9,11H2,1-3H3,(H,25,28)/t12-,14?,16?/m0/s1. The smallest absolute Gasteiger partial charge is 0.297 e. The van der Waals surface area contributed by atoms with Gasteiger partial charge in [0, 0.05) is 26.1 Å². The molecule has 0 radical (unpaired) electrons. The Labute approximate surface area is 180 Å². The minimum Gasteiger partial charge on any atom is -0.487 e. The van der Waals surface area contributed by atoms with Crippen LogP contribution in [0.5, 0.6) is 11.8 Å². The fourth-order valence-electron chi connectivity index (χ4n) is 3.95. The number of fused-ring (bicyclic) bond motifs is 1. The van der Waals surface area contributed by atoms with Crippen LogP contribution in [0.2, 0.25) is 0 Å². The predicted molar refractivity (Wildman–Crippen MR) is 110 cm³/mol. The Balaban J connectivity index is 1.37. The molecular weight excluding hydrogens is 408 g/mol. The zero-order valence-corrected chi connectivity index (χ0v) is 18.1. The average molecular weight is 437 g/mol. The largest absolute Gasteiger partial charge is 0.487 e. The van der Waals surface area contributed by atoms with E-state index in [-0.39, 0.29) is 53.1 Å². The van der Waals surface area contributed by atoms with Crippen molar-refractivity contribution < 1.29 is 27.8 Å². The van der Waals surface area contributed by atoms with Gasteiger partial charge < -0.3 is 19.5 Å². The third-order valence-corrected chi connectivity index (χ3v) is 5.71. The number of nitrogens with one attached hydrogen (secondary N) is 1. The molecule has 0 saturated heterocycles. The summed E-state index contributed by atoms with van der Waals surface area (Å²) < 4.78 is 48.3. The Morgan fingerprint density at radius 2 is 1.77 bits per heavy atom. The van der Waals surface area contributed by atoms with Gasteiger partial charge in [-0.25, -0.2) is 8.78 Å². The molecule has 2 fully saturated rings. The summed E-state index contributed by atoms with van der Waals surface area (Å²) in [4.78, 5) is 15.3. The van der Waals surface area contributed by atoms with Gasteiger partial charge in [0.05, 0.1) is 18.8 Å². The van der Waals surface area contributed by atoms with Crippen molar-refractivity contribution in [3.63, 3.8) is 0 Å². The number of benzene rings is 1. The lowest BCUT2D eigenvalue weighted by Crippen LogP contribution is -2.37. The summed E-state index contributed by atoms with van der Waals surface area (Å²) in [6.45, 7) is 3.85. The van der Waals surface area contributed by atoms with Crippen molar-refractivity contribution in [3.8, 4) is 11.8 Å². The predicted octanol–water partition coefficient (Wildman–Crippen LogP) is 3.62. The summed E-state index contributed by atoms with van der Waals surface area (Å²) in [5.74, 6) is -1.38. The molecule has 2 saturated carbocycles. The van der Waals surface area contributed by atoms with E-state index >= 15 is 0 Å². The van der Waals surface area contributed by atoms with Crippen molar-refractivity contribution in [2.24, 2.45) is 7.05 Å². The van der Waals surface area contributed by atoms with E-state index < -0.39 is 11.6 Å². The van der Waals surface area contributed by atoms with E-state index in [1.54, 1.807) is 7.05 Å². The molecule has 1 N–H and O–H groups in total. The SMILES string of the molecule is CC(=O)N[C@@H](C)COC1CCC(Oc2nc3c(F)cc(OC4CC4)c(F)c3n2C)CC1. The highest BCUT2D eigenvalue weighted by atomic mass is 19.1. The van der Waals surface area contributed by atoms with Crippen LogP contribution in [0, 0.1) is 11.6 Å². The number of nitrogens with zero attached hydrogens (tertiary/aromatic N) is 2. The van der Waals surface area contributed by atoms with Gasteiger partial charge in [0.1, 0.15) is 17.1 Å². The first-order chi connectivity index (χ1) is 14.8. The first-order valence-corrected chi connectivity index (χ1v) is 10.9. The van der Waals surface area contributed by atoms with E-state index in [0.29, 0.717) is 6.61 Å². The number of hydrogen-bond acceptors (Lipinski definition) is 5. The van der Waals surface area contributed by atoms with Crippen LogP contribution in [-0.2, 0) is 16.6 Å². The molecule has 9 heteroatoms. The van der Waals surface area contributed by atoms with Gasteiger partial charge in [0.2, 0.25) is 5.91 Å². The summed E-state index contributed by atoms with van der Waals surface area (Å²) in [6, 6.07) is 1.22. The number of hydrogen-bond donors (Lipinski definition) is 1. The van der Waals surface area contributed by atoms with E-state index in [1.807, 2.05) is 6.92 Å². The normalized spacial score (nSPS) is 22.4. The van der Waals surface area contributed by atoms with Gasteiger partial charge in [-0.1, -0.05) is 0 Å². The van der Waals surface area contributed by atoms with Crippen LogP contribution in [0.3, 0.4) is 0 Å². The van der Waals surface area contributed by atoms with Crippen molar-refractivity contribution >= 4 is 16.9 Å². The van der Waals surface area contributed by atoms with Crippen LogP contribution in [0.4, 0.5) is 8.78 Å².